The average molecular weight is 432 g/mol. The average Bonchev–Trinajstić information content (AvgIpc) is 1.41. The molecule has 9 nitrogen and oxygen atoms in total. The van der Waals surface area contributed by atoms with Gasteiger partial charge in [-0.2, -0.15) is 0 Å². The summed E-state index contributed by atoms with van der Waals surface area (Å²) in [6.45, 7) is 0. The molecule has 0 radical (unpaired) electrons. The van der Waals surface area contributed by atoms with E-state index in [1.807, 2.05) is 0 Å². The van der Waals surface area contributed by atoms with E-state index in [1.54, 1.807) is 0 Å². The molecule has 0 aliphatic carbocycles. The summed E-state index contributed by atoms with van der Waals surface area (Å²) >= 11 is 0. The summed E-state index contributed by atoms with van der Waals surface area (Å²) in [5.41, 5.74) is 0. The largest absolute Gasteiger partial charge is 1.00 e. The quantitative estimate of drug-likeness (QED) is 0.264. The van der Waals surface area contributed by atoms with E-state index in [0.717, 1.165) is 0 Å². The molecule has 0 atom stereocenters. The van der Waals surface area contributed by atoms with Crippen LogP contribution in [0.1, 0.15) is 0 Å². The van der Waals surface area contributed by atoms with Gasteiger partial charge in [0.2, 0.25) is 0 Å². The Morgan fingerprint density at radius 2 is 0.429 bits per heavy atom. The van der Waals surface area contributed by atoms with Gasteiger partial charge in [-0.15, -0.1) is 0 Å². The third kappa shape index (κ3) is 396. The summed E-state index contributed by atoms with van der Waals surface area (Å²) < 4.78 is 55.7. The van der Waals surface area contributed by atoms with E-state index in [2.05, 4.69) is 0 Å². The molecule has 0 amide bonds. The maximum atomic E-state index is 10.1. The Morgan fingerprint density at radius 3 is 0.429 bits per heavy atom. The molecule has 0 saturated heterocycles. The van der Waals surface area contributed by atoms with Crippen molar-refractivity contribution >= 4 is 23.7 Å². The van der Waals surface area contributed by atoms with E-state index in [1.165, 1.54) is 0 Å². The Bertz CT molecular complexity index is 225. The van der Waals surface area contributed by atoms with Gasteiger partial charge in [-0.05, 0) is 0 Å². The summed E-state index contributed by atoms with van der Waals surface area (Å²) in [5.74, 6) is 0. The molecule has 0 rings (SSSR count). The first kappa shape index (κ1) is 56.4. The molecule has 21 heteroatoms. The molecule has 0 fully saturated rings. The topological polar surface area (TPSA) is 190 Å². The van der Waals surface area contributed by atoms with Crippen molar-refractivity contribution in [2.24, 2.45) is 0 Å². The smallest absolute Gasteiger partial charge is 0.786 e. The molecular formula is F3Na6O9P3. The van der Waals surface area contributed by atoms with Gasteiger partial charge in [-0.25, -0.2) is 12.6 Å². The number of rotatable bonds is 0. The second-order valence-electron chi connectivity index (χ2n) is 1.29. The van der Waals surface area contributed by atoms with Gasteiger partial charge in [0.15, 0.2) is 0 Å². The van der Waals surface area contributed by atoms with Crippen molar-refractivity contribution in [3.05, 3.63) is 0 Å². The summed E-state index contributed by atoms with van der Waals surface area (Å²) in [4.78, 5) is 50.6. The van der Waals surface area contributed by atoms with Crippen LogP contribution in [0.2, 0.25) is 0 Å². The van der Waals surface area contributed by atoms with Gasteiger partial charge >= 0.3 is 177 Å². The minimum atomic E-state index is -5.64. The Hall–Kier alpha value is 6.24. The Balaban J connectivity index is -0.0000000129. The first-order valence-corrected chi connectivity index (χ1v) is 6.45. The van der Waals surface area contributed by atoms with Crippen molar-refractivity contribution in [2.45, 2.75) is 0 Å². The first-order valence-electron chi connectivity index (χ1n) is 2.15. The van der Waals surface area contributed by atoms with Gasteiger partial charge in [0.25, 0.3) is 0 Å². The van der Waals surface area contributed by atoms with Crippen LogP contribution in [0.5, 0.6) is 0 Å². The van der Waals surface area contributed by atoms with Crippen molar-refractivity contribution in [1.29, 1.82) is 0 Å². The second kappa shape index (κ2) is 28.4. The fraction of sp³-hybridized carbons (Fsp3) is 0. The molecule has 0 aromatic carbocycles. The molecule has 0 bridgehead atoms. The van der Waals surface area contributed by atoms with Crippen LogP contribution in [0.3, 0.4) is 0 Å². The monoisotopic (exact) mass is 432 g/mol. The fourth-order valence-corrected chi connectivity index (χ4v) is 0. The second-order valence-corrected chi connectivity index (χ2v) is 3.88. The van der Waals surface area contributed by atoms with E-state index in [9.17, 15) is 12.6 Å². The number of hydrogen-bond acceptors (Lipinski definition) is 9. The minimum absolute atomic E-state index is 0. The molecule has 0 unspecified atom stereocenters. The van der Waals surface area contributed by atoms with Gasteiger partial charge in [0, 0.05) is 0 Å². The van der Waals surface area contributed by atoms with Crippen LogP contribution in [0.4, 0.5) is 12.6 Å². The van der Waals surface area contributed by atoms with E-state index in [-0.39, 0.29) is 177 Å². The van der Waals surface area contributed by atoms with E-state index < -0.39 is 23.7 Å². The van der Waals surface area contributed by atoms with Crippen LogP contribution in [0.25, 0.3) is 0 Å². The summed E-state index contributed by atoms with van der Waals surface area (Å²) in [7, 11) is -16.9. The minimum Gasteiger partial charge on any atom is -0.786 e. The number of halogens is 3. The zero-order chi connectivity index (χ0) is 13.5. The SMILES string of the molecule is O=P([O-])([O-])F.O=P([O-])([O-])F.O=P([O-])([O-])F.[Na+].[Na+].[Na+].[Na+].[Na+].[Na+]. The molecule has 96 valence electrons. The molecule has 0 aliphatic rings. The predicted octanol–water partition coefficient (Wildman–Crippen LogP) is -21.6. The van der Waals surface area contributed by atoms with Crippen LogP contribution in [-0.2, 0) is 13.7 Å². The molecule has 0 aromatic heterocycles. The van der Waals surface area contributed by atoms with E-state index >= 15 is 0 Å². The number of hydrogen-bond donors (Lipinski definition) is 0. The van der Waals surface area contributed by atoms with Gasteiger partial charge < -0.3 is 43.1 Å². The summed E-state index contributed by atoms with van der Waals surface area (Å²) in [6, 6.07) is 0. The molecular weight excluding hydrogens is 432 g/mol. The van der Waals surface area contributed by atoms with Crippen LogP contribution in [-0.4, -0.2) is 0 Å². The van der Waals surface area contributed by atoms with Gasteiger partial charge in [0.05, 0.1) is 0 Å². The Kier molecular flexibility index (Phi) is 76.4. The Morgan fingerprint density at radius 1 is 0.429 bits per heavy atom. The standard InChI is InChI=1S/3FH2O3P.6Na/c3*1-5(2,3)4;;;;;;/h3*(H2,2,3,4);;;;;;/q;;;6*+1/p-6. The molecule has 0 aromatic rings. The van der Waals surface area contributed by atoms with E-state index in [0.29, 0.717) is 0 Å². The molecule has 0 N–H and O–H groups in total. The maximum absolute atomic E-state index is 10.1. The molecule has 0 saturated carbocycles. The first-order chi connectivity index (χ1) is 6.00. The molecule has 0 spiro atoms. The van der Waals surface area contributed by atoms with Crippen LogP contribution >= 0.6 is 23.7 Å². The third-order valence-electron chi connectivity index (χ3n) is 0. The zero-order valence-electron chi connectivity index (χ0n) is 12.1. The predicted molar refractivity (Wildman–Crippen MR) is 26.1 cm³/mol. The van der Waals surface area contributed by atoms with Crippen LogP contribution < -0.4 is 207 Å². The van der Waals surface area contributed by atoms with Gasteiger partial charge in [0.1, 0.15) is 23.7 Å². The van der Waals surface area contributed by atoms with Crippen molar-refractivity contribution in [2.75, 3.05) is 0 Å². The Labute approximate surface area is 251 Å². The maximum Gasteiger partial charge on any atom is 1.00 e. The molecule has 21 heavy (non-hydrogen) atoms. The van der Waals surface area contributed by atoms with Crippen molar-refractivity contribution in [3.63, 3.8) is 0 Å². The van der Waals surface area contributed by atoms with Crippen molar-refractivity contribution < 1.29 is 233 Å². The summed E-state index contributed by atoms with van der Waals surface area (Å²) in [6.07, 6.45) is 0. The van der Waals surface area contributed by atoms with E-state index in [4.69, 9.17) is 43.1 Å². The van der Waals surface area contributed by atoms with Crippen molar-refractivity contribution in [1.82, 2.24) is 0 Å². The molecule has 0 aliphatic heterocycles. The normalized spacial score (nSPS) is 8.43. The van der Waals surface area contributed by atoms with Gasteiger partial charge in [-0.3, -0.25) is 0 Å². The van der Waals surface area contributed by atoms with Crippen LogP contribution in [0, 0.1) is 0 Å². The summed E-state index contributed by atoms with van der Waals surface area (Å²) in [5, 5.41) is 0. The third-order valence-corrected chi connectivity index (χ3v) is 0. The fourth-order valence-electron chi connectivity index (χ4n) is 0. The zero-order valence-corrected chi connectivity index (χ0v) is 26.8. The van der Waals surface area contributed by atoms with Gasteiger partial charge in [-0.1, -0.05) is 0 Å². The van der Waals surface area contributed by atoms with Crippen molar-refractivity contribution in [3.8, 4) is 0 Å². The molecule has 0 heterocycles. The van der Waals surface area contributed by atoms with Crippen LogP contribution in [0.15, 0.2) is 0 Å².